The van der Waals surface area contributed by atoms with Gasteiger partial charge in [-0.25, -0.2) is 15.0 Å². The molecular weight excluding hydrogens is 356 g/mol. The Morgan fingerprint density at radius 2 is 1.46 bits per heavy atom. The lowest BCUT2D eigenvalue weighted by Gasteiger charge is -2.24. The number of hydrazine groups is 1. The van der Waals surface area contributed by atoms with Gasteiger partial charge in [-0.2, -0.15) is 0 Å². The fourth-order valence-electron chi connectivity index (χ4n) is 2.88. The van der Waals surface area contributed by atoms with Gasteiger partial charge in [0, 0.05) is 27.2 Å². The number of hydrogen-bond acceptors (Lipinski definition) is 7. The van der Waals surface area contributed by atoms with Crippen molar-refractivity contribution in [3.8, 4) is 0 Å². The van der Waals surface area contributed by atoms with Crippen molar-refractivity contribution in [2.24, 2.45) is 0 Å². The van der Waals surface area contributed by atoms with Crippen LogP contribution in [0.2, 0.25) is 0 Å². The molecule has 0 saturated heterocycles. The van der Waals surface area contributed by atoms with Crippen LogP contribution in [0.3, 0.4) is 0 Å². The van der Waals surface area contributed by atoms with Crippen LogP contribution in [0.25, 0.3) is 0 Å². The average molecular weight is 378 g/mol. The number of aromatic nitrogens is 2. The first-order chi connectivity index (χ1) is 13.5. The van der Waals surface area contributed by atoms with E-state index in [0.29, 0.717) is 13.1 Å². The fraction of sp³-hybridized carbons (Fsp3) is 0.200. The van der Waals surface area contributed by atoms with E-state index in [1.807, 2.05) is 65.6 Å². The molecule has 0 bridgehead atoms. The van der Waals surface area contributed by atoms with Gasteiger partial charge in [-0.1, -0.05) is 60.7 Å². The summed E-state index contributed by atoms with van der Waals surface area (Å²) in [5.74, 6) is 0.433. The molecule has 0 fully saturated rings. The SMILES string of the molecule is CN(C)Nc1ncnc(N(Cc2ccccc2)Cc2ccccc2)c1[N+](=O)[O-]. The van der Waals surface area contributed by atoms with Crippen molar-refractivity contribution in [2.45, 2.75) is 13.1 Å². The molecule has 0 unspecified atom stereocenters. The van der Waals surface area contributed by atoms with Crippen LogP contribution in [-0.2, 0) is 13.1 Å². The third-order valence-electron chi connectivity index (χ3n) is 4.05. The molecule has 28 heavy (non-hydrogen) atoms. The lowest BCUT2D eigenvalue weighted by atomic mass is 10.1. The molecule has 0 amide bonds. The van der Waals surface area contributed by atoms with Crippen LogP contribution in [-0.4, -0.2) is 34.0 Å². The molecule has 8 heteroatoms. The smallest absolute Gasteiger partial charge is 0.342 e. The molecule has 0 aliphatic carbocycles. The topological polar surface area (TPSA) is 87.4 Å². The van der Waals surface area contributed by atoms with Crippen LogP contribution >= 0.6 is 0 Å². The highest BCUT2D eigenvalue weighted by Gasteiger charge is 2.27. The van der Waals surface area contributed by atoms with Gasteiger partial charge in [-0.15, -0.1) is 0 Å². The Morgan fingerprint density at radius 3 is 1.93 bits per heavy atom. The summed E-state index contributed by atoms with van der Waals surface area (Å²) in [6, 6.07) is 19.6. The van der Waals surface area contributed by atoms with Gasteiger partial charge in [-0.3, -0.25) is 15.5 Å². The third kappa shape index (κ3) is 4.80. The second-order valence-electron chi connectivity index (χ2n) is 6.49. The fourth-order valence-corrected chi connectivity index (χ4v) is 2.88. The lowest BCUT2D eigenvalue weighted by molar-refractivity contribution is -0.383. The maximum atomic E-state index is 11.9. The van der Waals surface area contributed by atoms with E-state index < -0.39 is 4.92 Å². The number of nitrogens with zero attached hydrogens (tertiary/aromatic N) is 5. The van der Waals surface area contributed by atoms with Gasteiger partial charge in [0.1, 0.15) is 6.33 Å². The van der Waals surface area contributed by atoms with Crippen LogP contribution in [0, 0.1) is 10.1 Å². The molecule has 3 aromatic rings. The van der Waals surface area contributed by atoms with E-state index in [2.05, 4.69) is 15.4 Å². The number of nitrogens with one attached hydrogen (secondary N) is 1. The Hall–Kier alpha value is -3.52. The zero-order chi connectivity index (χ0) is 19.9. The number of rotatable bonds is 8. The highest BCUT2D eigenvalue weighted by molar-refractivity contribution is 5.70. The molecule has 0 atom stereocenters. The van der Waals surface area contributed by atoms with Crippen molar-refractivity contribution in [3.63, 3.8) is 0 Å². The molecular formula is C20H22N6O2. The first kappa shape index (κ1) is 19.2. The Balaban J connectivity index is 2.04. The van der Waals surface area contributed by atoms with Crippen LogP contribution in [0.4, 0.5) is 17.3 Å². The van der Waals surface area contributed by atoms with Crippen molar-refractivity contribution in [3.05, 3.63) is 88.2 Å². The van der Waals surface area contributed by atoms with Crippen molar-refractivity contribution in [1.29, 1.82) is 0 Å². The number of benzene rings is 2. The number of nitro groups is 1. The van der Waals surface area contributed by atoms with Gasteiger partial charge in [-0.05, 0) is 11.1 Å². The predicted octanol–water partition coefficient (Wildman–Crippen LogP) is 3.48. The van der Waals surface area contributed by atoms with Gasteiger partial charge < -0.3 is 4.90 Å². The summed E-state index contributed by atoms with van der Waals surface area (Å²) in [5.41, 5.74) is 4.81. The first-order valence-electron chi connectivity index (χ1n) is 8.80. The summed E-state index contributed by atoms with van der Waals surface area (Å²) in [6.07, 6.45) is 1.34. The number of anilines is 2. The average Bonchev–Trinajstić information content (AvgIpc) is 2.68. The Kier molecular flexibility index (Phi) is 6.13. The molecule has 1 heterocycles. The van der Waals surface area contributed by atoms with Crippen molar-refractivity contribution < 1.29 is 4.92 Å². The van der Waals surface area contributed by atoms with E-state index in [-0.39, 0.29) is 17.3 Å². The van der Waals surface area contributed by atoms with Gasteiger partial charge in [0.2, 0.25) is 11.6 Å². The van der Waals surface area contributed by atoms with E-state index in [1.165, 1.54) is 6.33 Å². The quantitative estimate of drug-likeness (QED) is 0.474. The molecule has 1 aromatic heterocycles. The third-order valence-corrected chi connectivity index (χ3v) is 4.05. The zero-order valence-corrected chi connectivity index (χ0v) is 15.8. The van der Waals surface area contributed by atoms with Gasteiger partial charge in [0.05, 0.1) is 4.92 Å². The summed E-state index contributed by atoms with van der Waals surface area (Å²) in [4.78, 5) is 21.7. The highest BCUT2D eigenvalue weighted by Crippen LogP contribution is 2.33. The largest absolute Gasteiger partial charge is 0.354 e. The van der Waals surface area contributed by atoms with Crippen molar-refractivity contribution in [2.75, 3.05) is 24.4 Å². The van der Waals surface area contributed by atoms with E-state index in [4.69, 9.17) is 0 Å². The van der Waals surface area contributed by atoms with E-state index in [9.17, 15) is 10.1 Å². The minimum Gasteiger partial charge on any atom is -0.342 e. The van der Waals surface area contributed by atoms with Crippen molar-refractivity contribution in [1.82, 2.24) is 15.0 Å². The maximum absolute atomic E-state index is 11.9. The lowest BCUT2D eigenvalue weighted by Crippen LogP contribution is -2.26. The molecule has 0 spiro atoms. The minimum atomic E-state index is -0.440. The molecule has 0 radical (unpaired) electrons. The molecule has 2 aromatic carbocycles. The normalized spacial score (nSPS) is 10.7. The van der Waals surface area contributed by atoms with Gasteiger partial charge in [0.25, 0.3) is 0 Å². The van der Waals surface area contributed by atoms with Crippen LogP contribution in [0.1, 0.15) is 11.1 Å². The summed E-state index contributed by atoms with van der Waals surface area (Å²) in [5, 5.41) is 13.5. The second kappa shape index (κ2) is 8.92. The Labute approximate surface area is 163 Å². The van der Waals surface area contributed by atoms with Crippen LogP contribution < -0.4 is 10.3 Å². The second-order valence-corrected chi connectivity index (χ2v) is 6.49. The van der Waals surface area contributed by atoms with E-state index in [0.717, 1.165) is 11.1 Å². The van der Waals surface area contributed by atoms with E-state index in [1.54, 1.807) is 19.1 Å². The summed E-state index contributed by atoms with van der Waals surface area (Å²) in [7, 11) is 3.49. The molecule has 8 nitrogen and oxygen atoms in total. The van der Waals surface area contributed by atoms with Crippen LogP contribution in [0.5, 0.6) is 0 Å². The standard InChI is InChI=1S/C20H22N6O2/c1-24(2)23-19-18(26(27)28)20(22-15-21-19)25(13-16-9-5-3-6-10-16)14-17-11-7-4-8-12-17/h3-12,15H,13-14H2,1-2H3,(H,21,22,23). The highest BCUT2D eigenvalue weighted by atomic mass is 16.6. The molecule has 0 aliphatic rings. The number of hydrogen-bond donors (Lipinski definition) is 1. The molecule has 0 saturated carbocycles. The van der Waals surface area contributed by atoms with Crippen molar-refractivity contribution >= 4 is 17.3 Å². The summed E-state index contributed by atoms with van der Waals surface area (Å²) in [6.45, 7) is 0.962. The van der Waals surface area contributed by atoms with E-state index >= 15 is 0 Å². The Morgan fingerprint density at radius 1 is 0.929 bits per heavy atom. The molecule has 3 rings (SSSR count). The van der Waals surface area contributed by atoms with Gasteiger partial charge in [0.15, 0.2) is 0 Å². The van der Waals surface area contributed by atoms with Gasteiger partial charge >= 0.3 is 5.69 Å². The summed E-state index contributed by atoms with van der Waals surface area (Å²) < 4.78 is 0. The molecule has 144 valence electrons. The zero-order valence-electron chi connectivity index (χ0n) is 15.8. The molecule has 1 N–H and O–H groups in total. The molecule has 0 aliphatic heterocycles. The van der Waals surface area contributed by atoms with Crippen LogP contribution in [0.15, 0.2) is 67.0 Å². The maximum Gasteiger partial charge on any atom is 0.354 e. The monoisotopic (exact) mass is 378 g/mol. The predicted molar refractivity (Wildman–Crippen MR) is 109 cm³/mol. The Bertz CT molecular complexity index is 877. The first-order valence-corrected chi connectivity index (χ1v) is 8.80. The summed E-state index contributed by atoms with van der Waals surface area (Å²) >= 11 is 0. The minimum absolute atomic E-state index is 0.150.